The van der Waals surface area contributed by atoms with Gasteiger partial charge < -0.3 is 10.1 Å². The third-order valence-corrected chi connectivity index (χ3v) is 1.25. The summed E-state index contributed by atoms with van der Waals surface area (Å²) in [4.78, 5) is 16.8. The first-order valence-corrected chi connectivity index (χ1v) is 5.20. The zero-order valence-electron chi connectivity index (χ0n) is 9.50. The Morgan fingerprint density at radius 3 is 2.62 bits per heavy atom. The van der Waals surface area contributed by atoms with E-state index in [1.165, 1.54) is 0 Å². The number of aromatic nitrogens is 2. The molecule has 0 aromatic carbocycles. The Labute approximate surface area is 99.2 Å². The maximum Gasteiger partial charge on any atom is 0.224 e. The average molecular weight is 248 g/mol. The van der Waals surface area contributed by atoms with E-state index < -0.39 is 5.82 Å². The van der Waals surface area contributed by atoms with E-state index in [1.54, 1.807) is 0 Å². The standard InChI is InChI=1S/C6H5ClFN3O.C4H10/c7-6-10-3-4(8)5(11-6)9-1-2-12;1-4(2)3/h2-3H,1H2,(H,9,10,11);4H,1-3H3. The molecule has 0 saturated heterocycles. The fourth-order valence-corrected chi connectivity index (χ4v) is 0.741. The number of rotatable bonds is 3. The van der Waals surface area contributed by atoms with Crippen molar-refractivity contribution in [1.29, 1.82) is 0 Å². The van der Waals surface area contributed by atoms with E-state index in [2.05, 4.69) is 36.1 Å². The van der Waals surface area contributed by atoms with E-state index in [0.717, 1.165) is 12.1 Å². The first-order valence-electron chi connectivity index (χ1n) is 4.83. The van der Waals surface area contributed by atoms with Gasteiger partial charge in [-0.1, -0.05) is 20.8 Å². The van der Waals surface area contributed by atoms with Crippen LogP contribution in [0.3, 0.4) is 0 Å². The number of halogens is 2. The van der Waals surface area contributed by atoms with Crippen LogP contribution < -0.4 is 5.32 Å². The van der Waals surface area contributed by atoms with Gasteiger partial charge >= 0.3 is 0 Å². The van der Waals surface area contributed by atoms with E-state index in [4.69, 9.17) is 11.6 Å². The molecule has 90 valence electrons. The van der Waals surface area contributed by atoms with Crippen LogP contribution >= 0.6 is 11.6 Å². The number of hydrogen-bond donors (Lipinski definition) is 1. The van der Waals surface area contributed by atoms with Crippen LogP contribution in [-0.2, 0) is 4.79 Å². The zero-order valence-corrected chi connectivity index (χ0v) is 10.3. The van der Waals surface area contributed by atoms with E-state index in [-0.39, 0.29) is 17.6 Å². The minimum atomic E-state index is -0.638. The summed E-state index contributed by atoms with van der Waals surface area (Å²) in [6, 6.07) is 0. The lowest BCUT2D eigenvalue weighted by Crippen LogP contribution is -2.06. The van der Waals surface area contributed by atoms with E-state index in [0.29, 0.717) is 6.29 Å². The average Bonchev–Trinajstić information content (AvgIpc) is 2.19. The molecule has 0 spiro atoms. The molecule has 4 nitrogen and oxygen atoms in total. The van der Waals surface area contributed by atoms with Gasteiger partial charge in [0, 0.05) is 0 Å². The fraction of sp³-hybridized carbons (Fsp3) is 0.500. The highest BCUT2D eigenvalue weighted by atomic mass is 35.5. The first kappa shape index (κ1) is 14.8. The van der Waals surface area contributed by atoms with Crippen LogP contribution in [0.1, 0.15) is 20.8 Å². The topological polar surface area (TPSA) is 54.9 Å². The highest BCUT2D eigenvalue weighted by Crippen LogP contribution is 2.10. The molecule has 0 aliphatic heterocycles. The Hall–Kier alpha value is -1.23. The van der Waals surface area contributed by atoms with Crippen molar-refractivity contribution in [2.75, 3.05) is 11.9 Å². The SMILES string of the molecule is CC(C)C.O=CCNc1nc(Cl)ncc1F. The molecule has 1 aromatic heterocycles. The van der Waals surface area contributed by atoms with Crippen LogP contribution in [-0.4, -0.2) is 22.8 Å². The lowest BCUT2D eigenvalue weighted by Gasteiger charge is -2.01. The number of carbonyl (C=O) groups is 1. The fourth-order valence-electron chi connectivity index (χ4n) is 0.608. The molecule has 1 aromatic rings. The summed E-state index contributed by atoms with van der Waals surface area (Å²) in [5.74, 6) is 0.128. The highest BCUT2D eigenvalue weighted by Gasteiger charge is 2.03. The molecule has 1 rings (SSSR count). The predicted octanol–water partition coefficient (Wildman–Crippen LogP) is 2.54. The smallest absolute Gasteiger partial charge is 0.224 e. The van der Waals surface area contributed by atoms with Crippen LogP contribution in [0.25, 0.3) is 0 Å². The van der Waals surface area contributed by atoms with Crippen molar-refractivity contribution in [3.8, 4) is 0 Å². The van der Waals surface area contributed by atoms with Crippen molar-refractivity contribution < 1.29 is 9.18 Å². The Kier molecular flexibility index (Phi) is 7.37. The minimum Gasteiger partial charge on any atom is -0.361 e. The van der Waals surface area contributed by atoms with Gasteiger partial charge in [0.05, 0.1) is 12.7 Å². The molecule has 0 radical (unpaired) electrons. The molecule has 16 heavy (non-hydrogen) atoms. The Bertz CT molecular complexity index is 331. The van der Waals surface area contributed by atoms with Crippen molar-refractivity contribution >= 4 is 23.7 Å². The maximum absolute atomic E-state index is 12.7. The molecule has 1 N–H and O–H groups in total. The summed E-state index contributed by atoms with van der Waals surface area (Å²) >= 11 is 5.38. The Morgan fingerprint density at radius 2 is 2.12 bits per heavy atom. The lowest BCUT2D eigenvalue weighted by atomic mass is 10.3. The predicted molar refractivity (Wildman–Crippen MR) is 62.1 cm³/mol. The van der Waals surface area contributed by atoms with Crippen LogP contribution in [0.15, 0.2) is 6.20 Å². The van der Waals surface area contributed by atoms with Gasteiger partial charge in [-0.25, -0.2) is 9.37 Å². The van der Waals surface area contributed by atoms with E-state index >= 15 is 0 Å². The summed E-state index contributed by atoms with van der Waals surface area (Å²) in [5.41, 5.74) is 0. The normalized spacial score (nSPS) is 9.38. The third-order valence-electron chi connectivity index (χ3n) is 1.07. The molecular weight excluding hydrogens is 233 g/mol. The molecule has 0 amide bonds. The van der Waals surface area contributed by atoms with Gasteiger partial charge in [-0.3, -0.25) is 0 Å². The van der Waals surface area contributed by atoms with E-state index in [9.17, 15) is 9.18 Å². The second kappa shape index (κ2) is 7.98. The summed E-state index contributed by atoms with van der Waals surface area (Å²) in [7, 11) is 0. The summed E-state index contributed by atoms with van der Waals surface area (Å²) in [6.45, 7) is 6.49. The van der Waals surface area contributed by atoms with Crippen molar-refractivity contribution in [2.24, 2.45) is 5.92 Å². The first-order chi connectivity index (χ1) is 7.47. The molecule has 0 aliphatic carbocycles. The van der Waals surface area contributed by atoms with Crippen LogP contribution in [0, 0.1) is 11.7 Å². The van der Waals surface area contributed by atoms with Crippen molar-refractivity contribution in [3.63, 3.8) is 0 Å². The van der Waals surface area contributed by atoms with Crippen molar-refractivity contribution in [2.45, 2.75) is 20.8 Å². The molecule has 6 heteroatoms. The molecule has 0 bridgehead atoms. The number of nitrogens with one attached hydrogen (secondary N) is 1. The number of nitrogens with zero attached hydrogens (tertiary/aromatic N) is 2. The second-order valence-electron chi connectivity index (χ2n) is 3.62. The van der Waals surface area contributed by atoms with Gasteiger partial charge in [0.1, 0.15) is 6.29 Å². The van der Waals surface area contributed by atoms with Gasteiger partial charge in [-0.15, -0.1) is 0 Å². The van der Waals surface area contributed by atoms with Gasteiger partial charge in [0.2, 0.25) is 5.28 Å². The number of anilines is 1. The zero-order chi connectivity index (χ0) is 12.6. The van der Waals surface area contributed by atoms with Crippen molar-refractivity contribution in [1.82, 2.24) is 9.97 Å². The summed E-state index contributed by atoms with van der Waals surface area (Å²) in [5, 5.41) is 2.36. The lowest BCUT2D eigenvalue weighted by molar-refractivity contribution is -0.106. The third kappa shape index (κ3) is 7.11. The second-order valence-corrected chi connectivity index (χ2v) is 3.95. The Balaban J connectivity index is 0.000000487. The molecule has 0 atom stereocenters. The molecule has 0 saturated carbocycles. The van der Waals surface area contributed by atoms with E-state index in [1.807, 2.05) is 0 Å². The van der Waals surface area contributed by atoms with Gasteiger partial charge in [0.15, 0.2) is 11.6 Å². The number of carbonyl (C=O) groups excluding carboxylic acids is 1. The van der Waals surface area contributed by atoms with Crippen LogP contribution in [0.4, 0.5) is 10.2 Å². The highest BCUT2D eigenvalue weighted by molar-refractivity contribution is 6.28. The molecule has 0 fully saturated rings. The quantitative estimate of drug-likeness (QED) is 0.659. The number of hydrogen-bond acceptors (Lipinski definition) is 4. The number of aldehydes is 1. The molecule has 0 aliphatic rings. The van der Waals surface area contributed by atoms with Crippen LogP contribution in [0.2, 0.25) is 5.28 Å². The summed E-state index contributed by atoms with van der Waals surface area (Å²) < 4.78 is 12.7. The van der Waals surface area contributed by atoms with Crippen LogP contribution in [0.5, 0.6) is 0 Å². The van der Waals surface area contributed by atoms with Crippen molar-refractivity contribution in [3.05, 3.63) is 17.3 Å². The Morgan fingerprint density at radius 1 is 1.56 bits per heavy atom. The molecule has 1 heterocycles. The molecule has 0 unspecified atom stereocenters. The maximum atomic E-state index is 12.7. The van der Waals surface area contributed by atoms with Gasteiger partial charge in [0.25, 0.3) is 0 Å². The monoisotopic (exact) mass is 247 g/mol. The molecular formula is C10H15ClFN3O. The van der Waals surface area contributed by atoms with Gasteiger partial charge in [-0.05, 0) is 17.5 Å². The largest absolute Gasteiger partial charge is 0.361 e. The summed E-state index contributed by atoms with van der Waals surface area (Å²) in [6.07, 6.45) is 1.53. The minimum absolute atomic E-state index is 0.00966. The van der Waals surface area contributed by atoms with Gasteiger partial charge in [-0.2, -0.15) is 4.98 Å².